The van der Waals surface area contributed by atoms with E-state index in [1.807, 2.05) is 13.8 Å². The van der Waals surface area contributed by atoms with Crippen LogP contribution in [0.5, 0.6) is 0 Å². The average Bonchev–Trinajstić information content (AvgIpc) is 2.98. The highest BCUT2D eigenvalue weighted by Gasteiger charge is 2.38. The Morgan fingerprint density at radius 1 is 1.06 bits per heavy atom. The van der Waals surface area contributed by atoms with Crippen LogP contribution in [-0.2, 0) is 23.9 Å². The molecule has 0 aromatic heterocycles. The van der Waals surface area contributed by atoms with Crippen LogP contribution in [0.1, 0.15) is 67.2 Å². The minimum Gasteiger partial charge on any atom is -0.467 e. The van der Waals surface area contributed by atoms with Crippen molar-refractivity contribution >= 4 is 23.9 Å². The lowest BCUT2D eigenvalue weighted by Crippen LogP contribution is -2.51. The molecule has 3 amide bonds. The molecule has 32 heavy (non-hydrogen) atoms. The Bertz CT molecular complexity index is 675. The molecule has 1 aliphatic rings. The molecule has 0 aromatic carbocycles. The van der Waals surface area contributed by atoms with Crippen molar-refractivity contribution in [1.29, 1.82) is 0 Å². The summed E-state index contributed by atoms with van der Waals surface area (Å²) in [6.45, 7) is 10.6. The molecule has 1 saturated carbocycles. The standard InChI is InChI=1S/C22H39N3O7/c1-12(2)10-16(20(29)31-7)24-17(26)11-14-8-9-15(18(14)27)25-19(28)13(3)23-21(30)32-22(4,5)6/h12-16,18,27H,8-11H2,1-7H3,(H,23,30)(H,24,26)(H,25,28)/t13-,14?,15?,16-,18?/m0/s1. The van der Waals surface area contributed by atoms with Crippen LogP contribution in [0.2, 0.25) is 0 Å². The first kappa shape index (κ1) is 27.7. The summed E-state index contributed by atoms with van der Waals surface area (Å²) in [5, 5.41) is 18.5. The Labute approximate surface area is 190 Å². The van der Waals surface area contributed by atoms with Crippen molar-refractivity contribution in [3.8, 4) is 0 Å². The van der Waals surface area contributed by atoms with Crippen molar-refractivity contribution in [2.24, 2.45) is 11.8 Å². The average molecular weight is 458 g/mol. The molecular formula is C22H39N3O7. The van der Waals surface area contributed by atoms with Gasteiger partial charge in [0.2, 0.25) is 11.8 Å². The zero-order chi connectivity index (χ0) is 24.6. The molecule has 10 nitrogen and oxygen atoms in total. The Morgan fingerprint density at radius 3 is 2.22 bits per heavy atom. The highest BCUT2D eigenvalue weighted by Crippen LogP contribution is 2.29. The predicted octanol–water partition coefficient (Wildman–Crippen LogP) is 1.25. The number of alkyl carbamates (subject to hydrolysis) is 1. The Hall–Kier alpha value is -2.36. The minimum atomic E-state index is -0.917. The van der Waals surface area contributed by atoms with Crippen LogP contribution in [0.25, 0.3) is 0 Å². The maximum absolute atomic E-state index is 12.5. The van der Waals surface area contributed by atoms with Crippen LogP contribution in [0, 0.1) is 11.8 Å². The second-order valence-corrected chi connectivity index (χ2v) is 9.79. The number of hydrogen-bond donors (Lipinski definition) is 4. The van der Waals surface area contributed by atoms with E-state index in [-0.39, 0.29) is 24.2 Å². The molecule has 5 atom stereocenters. The normalized spacial score (nSPS) is 22.6. The van der Waals surface area contributed by atoms with Gasteiger partial charge < -0.3 is 30.5 Å². The molecule has 3 unspecified atom stereocenters. The summed E-state index contributed by atoms with van der Waals surface area (Å²) in [6, 6.07) is -2.12. The smallest absolute Gasteiger partial charge is 0.408 e. The molecule has 1 rings (SSSR count). The first-order valence-electron chi connectivity index (χ1n) is 11.1. The number of hydrogen-bond acceptors (Lipinski definition) is 7. The van der Waals surface area contributed by atoms with Crippen molar-refractivity contribution in [2.75, 3.05) is 7.11 Å². The van der Waals surface area contributed by atoms with E-state index in [0.717, 1.165) is 0 Å². The van der Waals surface area contributed by atoms with E-state index in [2.05, 4.69) is 16.0 Å². The van der Waals surface area contributed by atoms with Crippen molar-refractivity contribution in [1.82, 2.24) is 16.0 Å². The number of aliphatic hydroxyl groups excluding tert-OH is 1. The maximum Gasteiger partial charge on any atom is 0.408 e. The third-order valence-electron chi connectivity index (χ3n) is 5.17. The van der Waals surface area contributed by atoms with E-state index < -0.39 is 47.8 Å². The largest absolute Gasteiger partial charge is 0.467 e. The first-order valence-corrected chi connectivity index (χ1v) is 11.1. The van der Waals surface area contributed by atoms with Gasteiger partial charge in [0.15, 0.2) is 0 Å². The van der Waals surface area contributed by atoms with Crippen molar-refractivity contribution in [3.63, 3.8) is 0 Å². The van der Waals surface area contributed by atoms with Crippen LogP contribution in [0.3, 0.4) is 0 Å². The fraction of sp³-hybridized carbons (Fsp3) is 0.818. The SMILES string of the molecule is COC(=O)[C@H](CC(C)C)NC(=O)CC1CCC(NC(=O)[C@H](C)NC(=O)OC(C)(C)C)C1O. The number of carbonyl (C=O) groups is 4. The van der Waals surface area contributed by atoms with Crippen molar-refractivity contribution in [3.05, 3.63) is 0 Å². The van der Waals surface area contributed by atoms with Gasteiger partial charge in [-0.05, 0) is 58.8 Å². The van der Waals surface area contributed by atoms with Gasteiger partial charge in [-0.25, -0.2) is 9.59 Å². The van der Waals surface area contributed by atoms with Gasteiger partial charge in [-0.1, -0.05) is 13.8 Å². The van der Waals surface area contributed by atoms with Gasteiger partial charge in [0, 0.05) is 6.42 Å². The van der Waals surface area contributed by atoms with Gasteiger partial charge in [0.1, 0.15) is 17.7 Å². The molecule has 4 N–H and O–H groups in total. The molecule has 10 heteroatoms. The molecule has 0 bridgehead atoms. The van der Waals surface area contributed by atoms with Crippen LogP contribution in [-0.4, -0.2) is 65.9 Å². The fourth-order valence-electron chi connectivity index (χ4n) is 3.62. The summed E-state index contributed by atoms with van der Waals surface area (Å²) in [6.07, 6.45) is -0.0995. The summed E-state index contributed by atoms with van der Waals surface area (Å²) in [5.74, 6) is -1.47. The Morgan fingerprint density at radius 2 is 1.69 bits per heavy atom. The second-order valence-electron chi connectivity index (χ2n) is 9.79. The number of rotatable bonds is 9. The molecule has 0 saturated heterocycles. The summed E-state index contributed by atoms with van der Waals surface area (Å²) in [5.41, 5.74) is -0.683. The van der Waals surface area contributed by atoms with E-state index in [0.29, 0.717) is 19.3 Å². The van der Waals surface area contributed by atoms with Gasteiger partial charge >= 0.3 is 12.1 Å². The van der Waals surface area contributed by atoms with E-state index in [1.165, 1.54) is 14.0 Å². The van der Waals surface area contributed by atoms with E-state index in [1.54, 1.807) is 20.8 Å². The zero-order valence-electron chi connectivity index (χ0n) is 20.2. The number of ether oxygens (including phenoxy) is 2. The molecule has 1 fully saturated rings. The Kier molecular flexibility index (Phi) is 10.4. The highest BCUT2D eigenvalue weighted by atomic mass is 16.6. The highest BCUT2D eigenvalue weighted by molar-refractivity contribution is 5.86. The molecule has 1 aliphatic carbocycles. The van der Waals surface area contributed by atoms with Crippen molar-refractivity contribution < 1.29 is 33.8 Å². The summed E-state index contributed by atoms with van der Waals surface area (Å²) >= 11 is 0. The lowest BCUT2D eigenvalue weighted by molar-refractivity contribution is -0.145. The molecule has 0 radical (unpaired) electrons. The summed E-state index contributed by atoms with van der Waals surface area (Å²) in [4.78, 5) is 48.6. The number of esters is 1. The minimum absolute atomic E-state index is 0.0326. The van der Waals surface area contributed by atoms with Gasteiger partial charge in [-0.2, -0.15) is 0 Å². The number of nitrogens with one attached hydrogen (secondary N) is 3. The van der Waals surface area contributed by atoms with Crippen LogP contribution < -0.4 is 16.0 Å². The lowest BCUT2D eigenvalue weighted by Gasteiger charge is -2.24. The van der Waals surface area contributed by atoms with E-state index in [9.17, 15) is 24.3 Å². The van der Waals surface area contributed by atoms with Crippen LogP contribution in [0.15, 0.2) is 0 Å². The van der Waals surface area contributed by atoms with Crippen LogP contribution in [0.4, 0.5) is 4.79 Å². The van der Waals surface area contributed by atoms with E-state index >= 15 is 0 Å². The topological polar surface area (TPSA) is 143 Å². The third-order valence-corrected chi connectivity index (χ3v) is 5.17. The lowest BCUT2D eigenvalue weighted by atomic mass is 9.99. The number of carbonyl (C=O) groups excluding carboxylic acids is 4. The summed E-state index contributed by atoms with van der Waals surface area (Å²) in [7, 11) is 1.27. The van der Waals surface area contributed by atoms with Crippen LogP contribution >= 0.6 is 0 Å². The number of methoxy groups -OCH3 is 1. The van der Waals surface area contributed by atoms with Crippen molar-refractivity contribution in [2.45, 2.75) is 97.1 Å². The zero-order valence-corrected chi connectivity index (χ0v) is 20.2. The Balaban J connectivity index is 2.56. The summed E-state index contributed by atoms with van der Waals surface area (Å²) < 4.78 is 9.89. The van der Waals surface area contributed by atoms with E-state index in [4.69, 9.17) is 9.47 Å². The molecule has 0 aliphatic heterocycles. The van der Waals surface area contributed by atoms with Gasteiger partial charge in [-0.3, -0.25) is 9.59 Å². The number of amides is 3. The fourth-order valence-corrected chi connectivity index (χ4v) is 3.62. The maximum atomic E-state index is 12.5. The first-order chi connectivity index (χ1) is 14.7. The van der Waals surface area contributed by atoms with Gasteiger partial charge in [0.05, 0.1) is 19.3 Å². The van der Waals surface area contributed by atoms with Gasteiger partial charge in [0.25, 0.3) is 0 Å². The number of aliphatic hydroxyl groups is 1. The molecule has 0 aromatic rings. The quantitative estimate of drug-likeness (QED) is 0.382. The predicted molar refractivity (Wildman–Crippen MR) is 118 cm³/mol. The molecule has 184 valence electrons. The second kappa shape index (κ2) is 12.0. The third kappa shape index (κ3) is 9.42. The monoisotopic (exact) mass is 457 g/mol. The molecule has 0 spiro atoms. The molecule has 0 heterocycles. The van der Waals surface area contributed by atoms with Gasteiger partial charge in [-0.15, -0.1) is 0 Å². The molecular weight excluding hydrogens is 418 g/mol.